The number of nitrogens with zero attached hydrogens (tertiary/aromatic N) is 1. The maximum absolute atomic E-state index is 12.3. The Kier molecular flexibility index (Phi) is 4.58. The Labute approximate surface area is 123 Å². The summed E-state index contributed by atoms with van der Waals surface area (Å²) in [5, 5.41) is 8.83. The molecule has 0 bridgehead atoms. The van der Waals surface area contributed by atoms with E-state index in [1.165, 1.54) is 13.2 Å². The number of para-hydroxylation sites is 1. The lowest BCUT2D eigenvalue weighted by Gasteiger charge is -2.10. The molecule has 0 saturated heterocycles. The lowest BCUT2D eigenvalue weighted by Crippen LogP contribution is -2.23. The molecule has 0 aliphatic heterocycles. The van der Waals surface area contributed by atoms with Crippen LogP contribution in [0, 0.1) is 11.3 Å². The van der Waals surface area contributed by atoms with Crippen LogP contribution in [-0.4, -0.2) is 15.5 Å². The monoisotopic (exact) mass is 302 g/mol. The van der Waals surface area contributed by atoms with Gasteiger partial charge in [0.15, 0.2) is 0 Å². The van der Waals surface area contributed by atoms with E-state index in [4.69, 9.17) is 10.00 Å². The van der Waals surface area contributed by atoms with Crippen LogP contribution in [0.5, 0.6) is 5.75 Å². The lowest BCUT2D eigenvalue weighted by molar-refractivity contribution is 0.402. The summed E-state index contributed by atoms with van der Waals surface area (Å²) in [4.78, 5) is 0.0870. The van der Waals surface area contributed by atoms with Gasteiger partial charge in [0.05, 0.1) is 18.7 Å². The Bertz CT molecular complexity index is 780. The van der Waals surface area contributed by atoms with E-state index in [0.717, 1.165) is 0 Å². The third-order valence-electron chi connectivity index (χ3n) is 2.88. The highest BCUT2D eigenvalue weighted by Gasteiger charge is 2.18. The molecule has 0 amide bonds. The predicted molar refractivity (Wildman–Crippen MR) is 78.2 cm³/mol. The number of hydrogen-bond donors (Lipinski definition) is 1. The lowest BCUT2D eigenvalue weighted by atomic mass is 10.1. The summed E-state index contributed by atoms with van der Waals surface area (Å²) in [6, 6.07) is 15.2. The van der Waals surface area contributed by atoms with Crippen LogP contribution in [0.25, 0.3) is 0 Å². The van der Waals surface area contributed by atoms with Crippen molar-refractivity contribution >= 4 is 10.0 Å². The SMILES string of the molecule is COc1ccccc1S(=O)(=O)NCc1cccc(C#N)c1. The second kappa shape index (κ2) is 6.39. The fourth-order valence-corrected chi connectivity index (χ4v) is 3.03. The molecule has 2 aromatic carbocycles. The van der Waals surface area contributed by atoms with Gasteiger partial charge in [0.2, 0.25) is 10.0 Å². The van der Waals surface area contributed by atoms with Gasteiger partial charge in [0.1, 0.15) is 10.6 Å². The summed E-state index contributed by atoms with van der Waals surface area (Å²) < 4.78 is 32.1. The van der Waals surface area contributed by atoms with E-state index >= 15 is 0 Å². The topological polar surface area (TPSA) is 79.2 Å². The summed E-state index contributed by atoms with van der Waals surface area (Å²) in [6.45, 7) is 0.107. The zero-order chi connectivity index (χ0) is 15.3. The molecule has 0 unspecified atom stereocenters. The maximum Gasteiger partial charge on any atom is 0.244 e. The molecule has 0 aromatic heterocycles. The van der Waals surface area contributed by atoms with Crippen molar-refractivity contribution in [2.75, 3.05) is 7.11 Å². The van der Waals surface area contributed by atoms with Gasteiger partial charge in [-0.25, -0.2) is 13.1 Å². The zero-order valence-electron chi connectivity index (χ0n) is 11.4. The normalized spacial score (nSPS) is 10.9. The van der Waals surface area contributed by atoms with E-state index in [0.29, 0.717) is 11.1 Å². The molecule has 5 nitrogen and oxygen atoms in total. The van der Waals surface area contributed by atoms with Gasteiger partial charge in [0.25, 0.3) is 0 Å². The standard InChI is InChI=1S/C15H14N2O3S/c1-20-14-7-2-3-8-15(14)21(18,19)17-11-13-6-4-5-12(9-13)10-16/h2-9,17H,11H2,1H3. The minimum atomic E-state index is -3.68. The fourth-order valence-electron chi connectivity index (χ4n) is 1.85. The minimum Gasteiger partial charge on any atom is -0.495 e. The van der Waals surface area contributed by atoms with E-state index in [9.17, 15) is 8.42 Å². The molecular formula is C15H14N2O3S. The molecular weight excluding hydrogens is 288 g/mol. The van der Waals surface area contributed by atoms with Gasteiger partial charge in [-0.2, -0.15) is 5.26 Å². The summed E-state index contributed by atoms with van der Waals surface area (Å²) in [7, 11) is -2.26. The largest absolute Gasteiger partial charge is 0.495 e. The predicted octanol–water partition coefficient (Wildman–Crippen LogP) is 2.05. The van der Waals surface area contributed by atoms with E-state index in [1.807, 2.05) is 6.07 Å². The van der Waals surface area contributed by atoms with Crippen LogP contribution < -0.4 is 9.46 Å². The van der Waals surface area contributed by atoms with Gasteiger partial charge >= 0.3 is 0 Å². The van der Waals surface area contributed by atoms with Crippen molar-refractivity contribution in [3.05, 3.63) is 59.7 Å². The molecule has 0 fully saturated rings. The van der Waals surface area contributed by atoms with Crippen molar-refractivity contribution in [3.8, 4) is 11.8 Å². The van der Waals surface area contributed by atoms with Crippen LogP contribution in [0.15, 0.2) is 53.4 Å². The number of ether oxygens (including phenoxy) is 1. The van der Waals surface area contributed by atoms with Crippen LogP contribution in [0.2, 0.25) is 0 Å². The molecule has 108 valence electrons. The van der Waals surface area contributed by atoms with Crippen LogP contribution in [0.1, 0.15) is 11.1 Å². The zero-order valence-corrected chi connectivity index (χ0v) is 12.2. The Morgan fingerprint density at radius 1 is 1.19 bits per heavy atom. The number of hydrogen-bond acceptors (Lipinski definition) is 4. The van der Waals surface area contributed by atoms with Gasteiger partial charge in [-0.1, -0.05) is 24.3 Å². The highest BCUT2D eigenvalue weighted by molar-refractivity contribution is 7.89. The molecule has 0 radical (unpaired) electrons. The van der Waals surface area contributed by atoms with Gasteiger partial charge < -0.3 is 4.74 Å². The summed E-state index contributed by atoms with van der Waals surface area (Å²) in [5.41, 5.74) is 1.21. The number of nitrogens with one attached hydrogen (secondary N) is 1. The number of rotatable bonds is 5. The molecule has 0 spiro atoms. The first-order valence-corrected chi connectivity index (χ1v) is 7.67. The van der Waals surface area contributed by atoms with Crippen molar-refractivity contribution in [2.24, 2.45) is 0 Å². The van der Waals surface area contributed by atoms with Crippen molar-refractivity contribution in [3.63, 3.8) is 0 Å². The molecule has 2 rings (SSSR count). The van der Waals surface area contributed by atoms with E-state index in [1.54, 1.807) is 42.5 Å². The highest BCUT2D eigenvalue weighted by Crippen LogP contribution is 2.22. The van der Waals surface area contributed by atoms with Crippen LogP contribution in [0.4, 0.5) is 0 Å². The Hall–Kier alpha value is -2.36. The smallest absolute Gasteiger partial charge is 0.244 e. The van der Waals surface area contributed by atoms with E-state index in [2.05, 4.69) is 4.72 Å². The quantitative estimate of drug-likeness (QED) is 0.916. The first kappa shape index (κ1) is 15.0. The van der Waals surface area contributed by atoms with Gasteiger partial charge in [0, 0.05) is 6.54 Å². The second-order valence-corrected chi connectivity index (χ2v) is 6.02. The second-order valence-electron chi connectivity index (χ2n) is 4.29. The van der Waals surface area contributed by atoms with Crippen molar-refractivity contribution in [1.29, 1.82) is 5.26 Å². The molecule has 0 aliphatic carbocycles. The number of methoxy groups -OCH3 is 1. The maximum atomic E-state index is 12.3. The molecule has 6 heteroatoms. The van der Waals surface area contributed by atoms with E-state index in [-0.39, 0.29) is 17.2 Å². The van der Waals surface area contributed by atoms with E-state index < -0.39 is 10.0 Å². The van der Waals surface area contributed by atoms with Crippen LogP contribution in [0.3, 0.4) is 0 Å². The molecule has 0 aliphatic rings. The molecule has 0 saturated carbocycles. The number of nitriles is 1. The summed E-state index contributed by atoms with van der Waals surface area (Å²) in [5.74, 6) is 0.288. The van der Waals surface area contributed by atoms with Gasteiger partial charge in [-0.15, -0.1) is 0 Å². The average molecular weight is 302 g/mol. The summed E-state index contributed by atoms with van der Waals surface area (Å²) >= 11 is 0. The number of benzene rings is 2. The van der Waals surface area contributed by atoms with Gasteiger partial charge in [-0.3, -0.25) is 0 Å². The van der Waals surface area contributed by atoms with Crippen molar-refractivity contribution < 1.29 is 13.2 Å². The number of sulfonamides is 1. The van der Waals surface area contributed by atoms with Crippen molar-refractivity contribution in [2.45, 2.75) is 11.4 Å². The minimum absolute atomic E-state index is 0.0870. The third-order valence-corrected chi connectivity index (χ3v) is 4.32. The Morgan fingerprint density at radius 3 is 2.67 bits per heavy atom. The molecule has 1 N–H and O–H groups in total. The molecule has 21 heavy (non-hydrogen) atoms. The third kappa shape index (κ3) is 3.60. The fraction of sp³-hybridized carbons (Fsp3) is 0.133. The summed E-state index contributed by atoms with van der Waals surface area (Å²) in [6.07, 6.45) is 0. The van der Waals surface area contributed by atoms with Crippen molar-refractivity contribution in [1.82, 2.24) is 4.72 Å². The molecule has 2 aromatic rings. The average Bonchev–Trinajstić information content (AvgIpc) is 2.53. The molecule has 0 atom stereocenters. The first-order chi connectivity index (χ1) is 10.1. The van der Waals surface area contributed by atoms with Crippen LogP contribution >= 0.6 is 0 Å². The van der Waals surface area contributed by atoms with Gasteiger partial charge in [-0.05, 0) is 29.8 Å². The first-order valence-electron chi connectivity index (χ1n) is 6.18. The molecule has 0 heterocycles. The van der Waals surface area contributed by atoms with Crippen LogP contribution in [-0.2, 0) is 16.6 Å². The Balaban J connectivity index is 2.20. The highest BCUT2D eigenvalue weighted by atomic mass is 32.2. The Morgan fingerprint density at radius 2 is 1.95 bits per heavy atom.